The van der Waals surface area contributed by atoms with Crippen LogP contribution >= 0.6 is 22.7 Å². The van der Waals surface area contributed by atoms with Crippen molar-refractivity contribution in [3.8, 4) is 20.9 Å². The first-order valence-corrected chi connectivity index (χ1v) is 23.6. The van der Waals surface area contributed by atoms with E-state index in [0.717, 1.165) is 55.7 Å². The Labute approximate surface area is 401 Å². The fourth-order valence-electron chi connectivity index (χ4n) is 6.31. The van der Waals surface area contributed by atoms with Crippen LogP contribution in [0.5, 0.6) is 0 Å². The number of rotatable bonds is 20. The van der Waals surface area contributed by atoms with E-state index in [1.807, 2.05) is 93.5 Å². The molecule has 356 valence electrons. The van der Waals surface area contributed by atoms with E-state index in [9.17, 15) is 14.4 Å². The van der Waals surface area contributed by atoms with Crippen molar-refractivity contribution >= 4 is 73.9 Å². The summed E-state index contributed by atoms with van der Waals surface area (Å²) in [7, 11) is 7.29. The Balaban J connectivity index is 0.000000256. The lowest BCUT2D eigenvalue weighted by Gasteiger charge is -2.28. The topological polar surface area (TPSA) is 209 Å². The van der Waals surface area contributed by atoms with Crippen molar-refractivity contribution in [2.24, 2.45) is 0 Å². The van der Waals surface area contributed by atoms with Gasteiger partial charge in [-0.2, -0.15) is 0 Å². The number of ether oxygens (including phenoxy) is 1. The predicted octanol–water partition coefficient (Wildman–Crippen LogP) is 8.53. The maximum Gasteiger partial charge on any atom is 0.410 e. The zero-order valence-corrected chi connectivity index (χ0v) is 41.8. The normalized spacial score (nSPS) is 12.0. The number of aromatic nitrogens is 8. The molecule has 6 aromatic rings. The molecule has 6 rings (SSSR count). The molecule has 18 nitrogen and oxygen atoms in total. The summed E-state index contributed by atoms with van der Waals surface area (Å²) in [5, 5.41) is 11.0. The average molecular weight is 951 g/mol. The van der Waals surface area contributed by atoms with Gasteiger partial charge in [0.2, 0.25) is 0 Å². The van der Waals surface area contributed by atoms with Crippen molar-refractivity contribution in [2.75, 3.05) is 61.7 Å². The van der Waals surface area contributed by atoms with Gasteiger partial charge in [-0.3, -0.25) is 19.6 Å². The summed E-state index contributed by atoms with van der Waals surface area (Å²) in [6.07, 6.45) is 12.5. The highest BCUT2D eigenvalue weighted by Gasteiger charge is 2.26. The predicted molar refractivity (Wildman–Crippen MR) is 268 cm³/mol. The number of ketones is 2. The standard InChI is InChI=1S/C26H35N7O3S.C21H27N7OS/c1-17(33(7)25(35)36-26(3,4)5)20(34)9-8-14-32(6)23-15-22(29-18(2)30-23)31-24-28-16-21(37-24)19-10-12-27-13-11-19;1-14(22-3)17(29)6-5-11-28(4)20-12-19(25-15(2)26-20)27-21-24-13-18(30-21)16-7-9-23-10-8-16/h10-13,15-17H,8-9,14H2,1-7H3,(H,28,29,30,31);7-10,12-14,22H,5-6,11H2,1-4H3,(H,24,25,26,27)/t17-;14-/m00/s1. The second-order valence-corrected chi connectivity index (χ2v) is 18.9. The Morgan fingerprint density at radius 3 is 1.54 bits per heavy atom. The van der Waals surface area contributed by atoms with Crippen molar-refractivity contribution in [1.82, 2.24) is 50.1 Å². The van der Waals surface area contributed by atoms with Crippen LogP contribution in [0.2, 0.25) is 0 Å². The minimum absolute atomic E-state index is 0.0169. The van der Waals surface area contributed by atoms with Gasteiger partial charge in [0.1, 0.15) is 46.3 Å². The largest absolute Gasteiger partial charge is 0.444 e. The molecule has 0 unspecified atom stereocenters. The molecule has 6 aromatic heterocycles. The highest BCUT2D eigenvalue weighted by molar-refractivity contribution is 7.19. The van der Waals surface area contributed by atoms with Crippen LogP contribution in [0.15, 0.2) is 73.6 Å². The van der Waals surface area contributed by atoms with Gasteiger partial charge in [-0.15, -0.1) is 0 Å². The minimum Gasteiger partial charge on any atom is -0.444 e. The Hall–Kier alpha value is -6.51. The summed E-state index contributed by atoms with van der Waals surface area (Å²) >= 11 is 3.08. The van der Waals surface area contributed by atoms with Gasteiger partial charge in [-0.25, -0.2) is 34.7 Å². The van der Waals surface area contributed by atoms with Crippen molar-refractivity contribution in [3.05, 3.63) is 85.2 Å². The molecule has 0 radical (unpaired) electrons. The number of carbonyl (C=O) groups is 3. The van der Waals surface area contributed by atoms with Crippen molar-refractivity contribution in [1.29, 1.82) is 0 Å². The van der Waals surface area contributed by atoms with Crippen LogP contribution in [0, 0.1) is 13.8 Å². The quantitative estimate of drug-likeness (QED) is 0.0655. The molecule has 1 amide bonds. The fraction of sp³-hybridized carbons (Fsp3) is 0.426. The number of nitrogens with one attached hydrogen (secondary N) is 3. The van der Waals surface area contributed by atoms with Crippen molar-refractivity contribution < 1.29 is 19.1 Å². The number of Topliss-reactive ketones (excluding diaryl/α,β-unsaturated/α-hetero) is 2. The first kappa shape index (κ1) is 51.5. The summed E-state index contributed by atoms with van der Waals surface area (Å²) in [6, 6.07) is 10.9. The maximum absolute atomic E-state index is 12.7. The zero-order chi connectivity index (χ0) is 48.7. The number of carbonyl (C=O) groups excluding carboxylic acids is 3. The summed E-state index contributed by atoms with van der Waals surface area (Å²) in [5.41, 5.74) is 1.53. The highest BCUT2D eigenvalue weighted by atomic mass is 32.1. The molecular weight excluding hydrogens is 889 g/mol. The molecule has 0 saturated carbocycles. The summed E-state index contributed by atoms with van der Waals surface area (Å²) in [6.45, 7) is 14.1. The lowest BCUT2D eigenvalue weighted by atomic mass is 10.1. The monoisotopic (exact) mass is 950 g/mol. The minimum atomic E-state index is -0.609. The van der Waals surface area contributed by atoms with Gasteiger partial charge in [0.15, 0.2) is 16.0 Å². The smallest absolute Gasteiger partial charge is 0.410 e. The lowest BCUT2D eigenvalue weighted by Crippen LogP contribution is -2.43. The third kappa shape index (κ3) is 16.1. The number of thiazole rings is 2. The molecule has 2 atom stereocenters. The molecule has 0 spiro atoms. The highest BCUT2D eigenvalue weighted by Crippen LogP contribution is 2.32. The molecule has 20 heteroatoms. The number of aryl methyl sites for hydroxylation is 2. The van der Waals surface area contributed by atoms with Gasteiger partial charge in [0.05, 0.1) is 21.8 Å². The Bertz CT molecular complexity index is 2530. The van der Waals surface area contributed by atoms with E-state index in [-0.39, 0.29) is 17.6 Å². The van der Waals surface area contributed by atoms with Crippen molar-refractivity contribution in [2.45, 2.75) is 91.8 Å². The number of amides is 1. The maximum atomic E-state index is 12.7. The van der Waals surface area contributed by atoms with E-state index in [1.54, 1.807) is 77.9 Å². The molecule has 0 fully saturated rings. The Morgan fingerprint density at radius 1 is 0.687 bits per heavy atom. The van der Waals surface area contributed by atoms with Gasteiger partial charge in [-0.1, -0.05) is 22.7 Å². The summed E-state index contributed by atoms with van der Waals surface area (Å²) in [4.78, 5) is 79.5. The van der Waals surface area contributed by atoms with E-state index in [2.05, 4.69) is 55.8 Å². The van der Waals surface area contributed by atoms with Crippen LogP contribution in [0.4, 0.5) is 38.3 Å². The summed E-state index contributed by atoms with van der Waals surface area (Å²) in [5.74, 6) is 4.40. The lowest BCUT2D eigenvalue weighted by molar-refractivity contribution is -0.123. The number of nitrogens with zero attached hydrogens (tertiary/aromatic N) is 11. The average Bonchev–Trinajstić information content (AvgIpc) is 3.98. The van der Waals surface area contributed by atoms with Gasteiger partial charge in [-0.05, 0) is 104 Å². The number of hydrogen-bond acceptors (Lipinski definition) is 19. The van der Waals surface area contributed by atoms with Crippen LogP contribution < -0.4 is 25.8 Å². The molecule has 0 aliphatic carbocycles. The van der Waals surface area contributed by atoms with Gasteiger partial charge >= 0.3 is 6.09 Å². The molecule has 3 N–H and O–H groups in total. The Morgan fingerprint density at radius 2 is 1.12 bits per heavy atom. The van der Waals surface area contributed by atoms with Crippen LogP contribution in [0.3, 0.4) is 0 Å². The first-order chi connectivity index (χ1) is 31.9. The second-order valence-electron chi connectivity index (χ2n) is 16.9. The third-order valence-corrected chi connectivity index (χ3v) is 12.2. The van der Waals surface area contributed by atoms with Crippen molar-refractivity contribution in [3.63, 3.8) is 0 Å². The van der Waals surface area contributed by atoms with Crippen LogP contribution in [0.25, 0.3) is 20.9 Å². The van der Waals surface area contributed by atoms with E-state index in [4.69, 9.17) is 4.74 Å². The van der Waals surface area contributed by atoms with E-state index >= 15 is 0 Å². The molecule has 0 aliphatic heterocycles. The Kier molecular flexibility index (Phi) is 18.7. The molecule has 0 aromatic carbocycles. The van der Waals surface area contributed by atoms with Crippen LogP contribution in [-0.2, 0) is 14.3 Å². The van der Waals surface area contributed by atoms with E-state index in [0.29, 0.717) is 49.1 Å². The molecule has 0 bridgehead atoms. The molecule has 6 heterocycles. The summed E-state index contributed by atoms with van der Waals surface area (Å²) < 4.78 is 5.36. The molecule has 0 aliphatic rings. The van der Waals surface area contributed by atoms with Gasteiger partial charge in [0, 0.05) is 96.4 Å². The molecule has 67 heavy (non-hydrogen) atoms. The second kappa shape index (κ2) is 24.3. The van der Waals surface area contributed by atoms with E-state index < -0.39 is 17.7 Å². The molecule has 0 saturated heterocycles. The fourth-order valence-corrected chi connectivity index (χ4v) is 7.97. The van der Waals surface area contributed by atoms with Gasteiger partial charge in [0.25, 0.3) is 0 Å². The SMILES string of the molecule is CN[C@@H](C)C(=O)CCCN(C)c1cc(Nc2ncc(-c3ccncc3)s2)nc(C)n1.Cc1nc(Nc2ncc(-c3ccncc3)s2)cc(N(C)CCCC(=O)[C@H](C)N(C)C(=O)OC(C)(C)C)n1. The van der Waals surface area contributed by atoms with Crippen LogP contribution in [-0.4, -0.2) is 121 Å². The zero-order valence-electron chi connectivity index (χ0n) is 40.2. The molecular formula is C47H62N14O4S2. The number of anilines is 6. The van der Waals surface area contributed by atoms with E-state index in [1.165, 1.54) is 16.2 Å². The first-order valence-electron chi connectivity index (χ1n) is 22.0. The number of hydrogen-bond donors (Lipinski definition) is 3. The third-order valence-electron chi connectivity index (χ3n) is 10.3. The number of pyridine rings is 2. The van der Waals surface area contributed by atoms with Crippen LogP contribution in [0.1, 0.15) is 72.0 Å². The number of likely N-dealkylation sites (N-methyl/N-ethyl adjacent to an activating group) is 2. The van der Waals surface area contributed by atoms with Gasteiger partial charge < -0.3 is 35.4 Å².